The summed E-state index contributed by atoms with van der Waals surface area (Å²) in [5.41, 5.74) is 4.90. The number of rotatable bonds is 3. The minimum atomic E-state index is -0.344. The highest BCUT2D eigenvalue weighted by atomic mass is 32.2. The number of aromatic hydroxyl groups is 1. The molecule has 6 nitrogen and oxygen atoms in total. The Hall–Kier alpha value is -3.11. The van der Waals surface area contributed by atoms with Crippen molar-refractivity contribution in [3.8, 4) is 17.6 Å². The molecule has 1 fully saturated rings. The normalized spacial score (nSPS) is 18.9. The summed E-state index contributed by atoms with van der Waals surface area (Å²) in [4.78, 5) is 16.9. The maximum absolute atomic E-state index is 13.1. The Labute approximate surface area is 180 Å². The van der Waals surface area contributed by atoms with Crippen LogP contribution >= 0.6 is 11.8 Å². The summed E-state index contributed by atoms with van der Waals surface area (Å²) < 4.78 is 5.20. The molecule has 2 aromatic rings. The molecule has 2 aromatic carbocycles. The van der Waals surface area contributed by atoms with Crippen LogP contribution in [0.4, 0.5) is 5.69 Å². The maximum Gasteiger partial charge on any atom is 0.229 e. The van der Waals surface area contributed by atoms with Gasteiger partial charge in [-0.15, -0.1) is 0 Å². The number of methoxy groups -OCH3 is 1. The molecule has 1 saturated heterocycles. The second-order valence-electron chi connectivity index (χ2n) is 7.56. The molecule has 2 aliphatic heterocycles. The van der Waals surface area contributed by atoms with Crippen molar-refractivity contribution in [3.05, 3.63) is 63.7 Å². The Morgan fingerprint density at radius 2 is 2.00 bits per heavy atom. The van der Waals surface area contributed by atoms with E-state index in [2.05, 4.69) is 43.0 Å². The Bertz CT molecular complexity index is 1090. The first-order valence-electron chi connectivity index (χ1n) is 9.69. The number of carbonyl (C=O) groups excluding carboxylic acids is 1. The van der Waals surface area contributed by atoms with Gasteiger partial charge in [0.05, 0.1) is 36.3 Å². The fourth-order valence-corrected chi connectivity index (χ4v) is 5.01. The van der Waals surface area contributed by atoms with Gasteiger partial charge in [-0.25, -0.2) is 0 Å². The Morgan fingerprint density at radius 3 is 2.70 bits per heavy atom. The van der Waals surface area contributed by atoms with Crippen LogP contribution in [0.15, 0.2) is 47.0 Å². The first kappa shape index (κ1) is 20.2. The number of amides is 1. The fourth-order valence-electron chi connectivity index (χ4n) is 3.84. The number of hydrogen-bond donors (Lipinski definition) is 1. The molecule has 0 saturated carbocycles. The molecule has 1 unspecified atom stereocenters. The zero-order valence-corrected chi connectivity index (χ0v) is 18.0. The molecular formula is C23H23N3O3S. The molecule has 2 aliphatic rings. The van der Waals surface area contributed by atoms with Gasteiger partial charge in [0.15, 0.2) is 11.5 Å². The zero-order chi connectivity index (χ0) is 21.4. The van der Waals surface area contributed by atoms with Gasteiger partial charge < -0.3 is 14.7 Å². The molecule has 0 spiro atoms. The van der Waals surface area contributed by atoms with Crippen LogP contribution in [0.2, 0.25) is 0 Å². The second-order valence-corrected chi connectivity index (χ2v) is 8.50. The van der Waals surface area contributed by atoms with Gasteiger partial charge in [0, 0.05) is 18.0 Å². The van der Waals surface area contributed by atoms with E-state index in [1.54, 1.807) is 23.1 Å². The van der Waals surface area contributed by atoms with E-state index < -0.39 is 0 Å². The Morgan fingerprint density at radius 1 is 1.20 bits per heavy atom. The number of nitriles is 1. The number of hydrogen-bond acceptors (Lipinski definition) is 6. The van der Waals surface area contributed by atoms with E-state index in [4.69, 9.17) is 4.74 Å². The lowest BCUT2D eigenvalue weighted by Gasteiger charge is -2.42. The average Bonchev–Trinajstić information content (AvgIpc) is 2.75. The van der Waals surface area contributed by atoms with Gasteiger partial charge in [0.2, 0.25) is 5.91 Å². The van der Waals surface area contributed by atoms with Gasteiger partial charge >= 0.3 is 0 Å². The molecule has 4 rings (SSSR count). The summed E-state index contributed by atoms with van der Waals surface area (Å²) in [5.74, 6) is 0.679. The molecule has 7 heteroatoms. The Balaban J connectivity index is 1.67. The minimum Gasteiger partial charge on any atom is -0.504 e. The van der Waals surface area contributed by atoms with Crippen LogP contribution in [-0.4, -0.2) is 35.6 Å². The Kier molecular flexibility index (Phi) is 5.35. The summed E-state index contributed by atoms with van der Waals surface area (Å²) >= 11 is 1.52. The molecular weight excluding hydrogens is 398 g/mol. The molecule has 154 valence electrons. The summed E-state index contributed by atoms with van der Waals surface area (Å²) in [7, 11) is 1.48. The van der Waals surface area contributed by atoms with Gasteiger partial charge in [-0.3, -0.25) is 9.69 Å². The van der Waals surface area contributed by atoms with Gasteiger partial charge in [-0.2, -0.15) is 5.26 Å². The highest BCUT2D eigenvalue weighted by molar-refractivity contribution is 8.03. The van der Waals surface area contributed by atoms with Crippen LogP contribution in [0, 0.1) is 25.2 Å². The maximum atomic E-state index is 13.1. The van der Waals surface area contributed by atoms with Crippen LogP contribution in [0.3, 0.4) is 0 Å². The standard InChI is InChI=1S/C23H23N3O3S/c1-14-4-6-17(8-15(14)2)25-12-26-22(28)10-18(19(11-24)23(26)30-13-25)16-5-7-20(27)21(9-16)29-3/h4-9,18,27H,10,12-13H2,1-3H3. The number of thioether (sulfide) groups is 1. The van der Waals surface area contributed by atoms with E-state index in [0.29, 0.717) is 23.9 Å². The summed E-state index contributed by atoms with van der Waals surface area (Å²) in [6, 6.07) is 13.6. The van der Waals surface area contributed by atoms with Crippen molar-refractivity contribution < 1.29 is 14.6 Å². The van der Waals surface area contributed by atoms with Crippen LogP contribution < -0.4 is 9.64 Å². The smallest absolute Gasteiger partial charge is 0.229 e. The summed E-state index contributed by atoms with van der Waals surface area (Å²) in [5, 5.41) is 20.5. The van der Waals surface area contributed by atoms with E-state index >= 15 is 0 Å². The number of fused-ring (bicyclic) bond motifs is 1. The van der Waals surface area contributed by atoms with Crippen molar-refractivity contribution in [1.82, 2.24) is 4.90 Å². The first-order chi connectivity index (χ1) is 14.4. The number of carbonyl (C=O) groups is 1. The molecule has 1 N–H and O–H groups in total. The van der Waals surface area contributed by atoms with E-state index in [1.165, 1.54) is 30.0 Å². The quantitative estimate of drug-likeness (QED) is 0.799. The summed E-state index contributed by atoms with van der Waals surface area (Å²) in [6.45, 7) is 4.59. The van der Waals surface area contributed by atoms with Crippen molar-refractivity contribution >= 4 is 23.4 Å². The minimum absolute atomic E-state index is 0.0120. The van der Waals surface area contributed by atoms with Gasteiger partial charge in [-0.05, 0) is 54.8 Å². The van der Waals surface area contributed by atoms with Crippen molar-refractivity contribution in [3.63, 3.8) is 0 Å². The number of ether oxygens (including phenoxy) is 1. The number of phenolic OH excluding ortho intramolecular Hbond substituents is 1. The molecule has 1 atom stereocenters. The fraction of sp³-hybridized carbons (Fsp3) is 0.304. The number of nitrogens with zero attached hydrogens (tertiary/aromatic N) is 3. The van der Waals surface area contributed by atoms with Gasteiger partial charge in [0.25, 0.3) is 0 Å². The lowest BCUT2D eigenvalue weighted by molar-refractivity contribution is -0.129. The molecule has 30 heavy (non-hydrogen) atoms. The summed E-state index contributed by atoms with van der Waals surface area (Å²) in [6.07, 6.45) is 0.210. The van der Waals surface area contributed by atoms with Crippen molar-refractivity contribution in [2.24, 2.45) is 0 Å². The van der Waals surface area contributed by atoms with Crippen LogP contribution in [0.1, 0.15) is 29.0 Å². The van der Waals surface area contributed by atoms with E-state index in [9.17, 15) is 15.2 Å². The van der Waals surface area contributed by atoms with Crippen molar-refractivity contribution in [2.75, 3.05) is 24.6 Å². The van der Waals surface area contributed by atoms with Gasteiger partial charge in [-0.1, -0.05) is 23.9 Å². The van der Waals surface area contributed by atoms with E-state index in [0.717, 1.165) is 16.3 Å². The number of anilines is 1. The van der Waals surface area contributed by atoms with Crippen LogP contribution in [0.5, 0.6) is 11.5 Å². The molecule has 0 aromatic heterocycles. The second kappa shape index (κ2) is 7.96. The van der Waals surface area contributed by atoms with Gasteiger partial charge in [0.1, 0.15) is 0 Å². The number of allylic oxidation sites excluding steroid dienone is 1. The van der Waals surface area contributed by atoms with Crippen molar-refractivity contribution in [2.45, 2.75) is 26.2 Å². The average molecular weight is 422 g/mol. The monoisotopic (exact) mass is 421 g/mol. The third-order valence-electron chi connectivity index (χ3n) is 5.76. The number of aryl methyl sites for hydroxylation is 2. The van der Waals surface area contributed by atoms with E-state index in [1.807, 2.05) is 0 Å². The third kappa shape index (κ3) is 3.48. The highest BCUT2D eigenvalue weighted by Gasteiger charge is 2.38. The lowest BCUT2D eigenvalue weighted by Crippen LogP contribution is -2.47. The topological polar surface area (TPSA) is 76.8 Å². The number of phenols is 1. The predicted molar refractivity (Wildman–Crippen MR) is 117 cm³/mol. The predicted octanol–water partition coefficient (Wildman–Crippen LogP) is 4.24. The largest absolute Gasteiger partial charge is 0.504 e. The SMILES string of the molecule is COc1cc(C2CC(=O)N3CN(c4ccc(C)c(C)c4)CSC3=C2C#N)ccc1O. The molecule has 0 radical (unpaired) electrons. The molecule has 1 amide bonds. The first-order valence-corrected chi connectivity index (χ1v) is 10.7. The lowest BCUT2D eigenvalue weighted by atomic mass is 9.86. The van der Waals surface area contributed by atoms with Crippen LogP contribution in [-0.2, 0) is 4.79 Å². The van der Waals surface area contributed by atoms with Crippen molar-refractivity contribution in [1.29, 1.82) is 5.26 Å². The third-order valence-corrected chi connectivity index (χ3v) is 6.91. The molecule has 2 heterocycles. The highest BCUT2D eigenvalue weighted by Crippen LogP contribution is 2.44. The molecule has 0 bridgehead atoms. The molecule has 0 aliphatic carbocycles. The number of benzene rings is 2. The van der Waals surface area contributed by atoms with Crippen LogP contribution in [0.25, 0.3) is 0 Å². The van der Waals surface area contributed by atoms with E-state index in [-0.39, 0.29) is 24.0 Å². The zero-order valence-electron chi connectivity index (χ0n) is 17.2.